The number of benzene rings is 2. The molecule has 2 aromatic rings. The second kappa shape index (κ2) is 8.39. The minimum Gasteiger partial charge on any atom is -0.322 e. The molecule has 1 aliphatic heterocycles. The van der Waals surface area contributed by atoms with Crippen LogP contribution in [0.5, 0.6) is 0 Å². The molecule has 27 heavy (non-hydrogen) atoms. The van der Waals surface area contributed by atoms with Crippen molar-refractivity contribution in [3.63, 3.8) is 0 Å². The number of nitrogens with zero attached hydrogens (tertiary/aromatic N) is 2. The Morgan fingerprint density at radius 3 is 2.44 bits per heavy atom. The smallest absolute Gasteiger partial charge is 0.269 e. The van der Waals surface area contributed by atoms with E-state index in [9.17, 15) is 14.9 Å². The standard InChI is InChI=1S/C21H22N2O3S/c1-15(2)17-6-8-18(9-7-17)21-22(13-14-27-21)20(24)12-5-16-3-10-19(11-4-16)23(25)26/h3-12,15,21H,13-14H2,1-2H3. The maximum absolute atomic E-state index is 12.7. The summed E-state index contributed by atoms with van der Waals surface area (Å²) in [5.41, 5.74) is 3.23. The minimum absolute atomic E-state index is 0.0280. The topological polar surface area (TPSA) is 63.5 Å². The number of carbonyl (C=O) groups is 1. The Bertz CT molecular complexity index is 845. The van der Waals surface area contributed by atoms with Crippen LogP contribution in [0.3, 0.4) is 0 Å². The van der Waals surface area contributed by atoms with Crippen molar-refractivity contribution in [1.82, 2.24) is 4.90 Å². The molecule has 0 N–H and O–H groups in total. The number of hydrogen-bond donors (Lipinski definition) is 0. The van der Waals surface area contributed by atoms with Crippen molar-refractivity contribution in [1.29, 1.82) is 0 Å². The Hall–Kier alpha value is -2.60. The number of carbonyl (C=O) groups excluding carboxylic acids is 1. The third-order valence-electron chi connectivity index (χ3n) is 4.58. The first-order chi connectivity index (χ1) is 13.0. The molecule has 0 aliphatic carbocycles. The van der Waals surface area contributed by atoms with Gasteiger partial charge in [-0.2, -0.15) is 0 Å². The van der Waals surface area contributed by atoms with E-state index in [1.807, 2.05) is 4.90 Å². The molecule has 6 heteroatoms. The van der Waals surface area contributed by atoms with E-state index < -0.39 is 4.92 Å². The molecule has 1 aliphatic rings. The maximum atomic E-state index is 12.7. The lowest BCUT2D eigenvalue weighted by Gasteiger charge is -2.23. The molecule has 140 valence electrons. The average Bonchev–Trinajstić information content (AvgIpc) is 3.16. The fraction of sp³-hybridized carbons (Fsp3) is 0.286. The van der Waals surface area contributed by atoms with Gasteiger partial charge in [0.2, 0.25) is 5.91 Å². The van der Waals surface area contributed by atoms with Crippen LogP contribution < -0.4 is 0 Å². The fourth-order valence-corrected chi connectivity index (χ4v) is 4.25. The predicted octanol–water partition coefficient (Wildman–Crippen LogP) is 5.01. The van der Waals surface area contributed by atoms with E-state index in [1.165, 1.54) is 17.7 Å². The summed E-state index contributed by atoms with van der Waals surface area (Å²) in [6.07, 6.45) is 3.25. The Balaban J connectivity index is 1.70. The average molecular weight is 382 g/mol. The van der Waals surface area contributed by atoms with Gasteiger partial charge in [0.25, 0.3) is 5.69 Å². The molecule has 5 nitrogen and oxygen atoms in total. The largest absolute Gasteiger partial charge is 0.322 e. The third-order valence-corrected chi connectivity index (χ3v) is 5.85. The molecule has 0 bridgehead atoms. The molecule has 1 amide bonds. The van der Waals surface area contributed by atoms with E-state index in [4.69, 9.17) is 0 Å². The Labute approximate surface area is 163 Å². The summed E-state index contributed by atoms with van der Waals surface area (Å²) in [4.78, 5) is 24.8. The molecule has 1 fully saturated rings. The van der Waals surface area contributed by atoms with Crippen molar-refractivity contribution >= 4 is 29.4 Å². The highest BCUT2D eigenvalue weighted by Gasteiger charge is 2.29. The van der Waals surface area contributed by atoms with E-state index in [2.05, 4.69) is 38.1 Å². The summed E-state index contributed by atoms with van der Waals surface area (Å²) in [5.74, 6) is 1.35. The van der Waals surface area contributed by atoms with Crippen LogP contribution in [0.15, 0.2) is 54.6 Å². The Morgan fingerprint density at radius 1 is 1.19 bits per heavy atom. The van der Waals surface area contributed by atoms with Gasteiger partial charge in [-0.1, -0.05) is 38.1 Å². The molecule has 0 aromatic heterocycles. The molecule has 1 atom stereocenters. The van der Waals surface area contributed by atoms with Gasteiger partial charge in [-0.15, -0.1) is 11.8 Å². The highest BCUT2D eigenvalue weighted by Crippen LogP contribution is 2.38. The molecular weight excluding hydrogens is 360 g/mol. The van der Waals surface area contributed by atoms with Gasteiger partial charge < -0.3 is 4.90 Å². The van der Waals surface area contributed by atoms with Crippen LogP contribution in [0.25, 0.3) is 6.08 Å². The lowest BCUT2D eigenvalue weighted by molar-refractivity contribution is -0.384. The van der Waals surface area contributed by atoms with Gasteiger partial charge in [0, 0.05) is 30.5 Å². The quantitative estimate of drug-likeness (QED) is 0.414. The molecule has 1 heterocycles. The van der Waals surface area contributed by atoms with Gasteiger partial charge >= 0.3 is 0 Å². The third kappa shape index (κ3) is 4.57. The van der Waals surface area contributed by atoms with E-state index in [0.717, 1.165) is 16.9 Å². The number of hydrogen-bond acceptors (Lipinski definition) is 4. The first-order valence-electron chi connectivity index (χ1n) is 8.90. The van der Waals surface area contributed by atoms with Crippen LogP contribution in [0.4, 0.5) is 5.69 Å². The van der Waals surface area contributed by atoms with Crippen molar-refractivity contribution in [2.75, 3.05) is 12.3 Å². The summed E-state index contributed by atoms with van der Waals surface area (Å²) in [5, 5.41) is 10.7. The zero-order valence-corrected chi connectivity index (χ0v) is 16.2. The first kappa shape index (κ1) is 19.2. The number of thioether (sulfide) groups is 1. The molecule has 1 saturated heterocycles. The van der Waals surface area contributed by atoms with Gasteiger partial charge in [0.05, 0.1) is 4.92 Å². The lowest BCUT2D eigenvalue weighted by atomic mass is 10.0. The minimum atomic E-state index is -0.435. The molecule has 1 unspecified atom stereocenters. The van der Waals surface area contributed by atoms with Gasteiger partial charge in [-0.05, 0) is 40.8 Å². The number of nitro groups is 1. The van der Waals surface area contributed by atoms with Crippen LogP contribution in [0, 0.1) is 10.1 Å². The first-order valence-corrected chi connectivity index (χ1v) is 9.95. The van der Waals surface area contributed by atoms with E-state index in [1.54, 1.807) is 36.0 Å². The van der Waals surface area contributed by atoms with Gasteiger partial charge in [-0.3, -0.25) is 14.9 Å². The Kier molecular flexibility index (Phi) is 5.96. The van der Waals surface area contributed by atoms with Crippen molar-refractivity contribution in [2.24, 2.45) is 0 Å². The van der Waals surface area contributed by atoms with Crippen LogP contribution in [-0.4, -0.2) is 28.0 Å². The predicted molar refractivity (Wildman–Crippen MR) is 110 cm³/mol. The summed E-state index contributed by atoms with van der Waals surface area (Å²) in [7, 11) is 0. The normalized spacial score (nSPS) is 17.0. The number of non-ortho nitro benzene ring substituents is 1. The summed E-state index contributed by atoms with van der Waals surface area (Å²) < 4.78 is 0. The molecular formula is C21H22N2O3S. The highest BCUT2D eigenvalue weighted by molar-refractivity contribution is 7.99. The number of rotatable bonds is 5. The number of nitro benzene ring substituents is 1. The zero-order valence-electron chi connectivity index (χ0n) is 15.4. The molecule has 0 saturated carbocycles. The lowest BCUT2D eigenvalue weighted by Crippen LogP contribution is -2.28. The maximum Gasteiger partial charge on any atom is 0.269 e. The highest BCUT2D eigenvalue weighted by atomic mass is 32.2. The van der Waals surface area contributed by atoms with Gasteiger partial charge in [0.15, 0.2) is 0 Å². The fourth-order valence-electron chi connectivity index (χ4n) is 2.99. The van der Waals surface area contributed by atoms with Gasteiger partial charge in [0.1, 0.15) is 5.37 Å². The van der Waals surface area contributed by atoms with E-state index in [-0.39, 0.29) is 17.0 Å². The Morgan fingerprint density at radius 2 is 1.85 bits per heavy atom. The second-order valence-corrected chi connectivity index (χ2v) is 7.95. The van der Waals surface area contributed by atoms with Crippen molar-refractivity contribution in [2.45, 2.75) is 25.1 Å². The molecule has 0 radical (unpaired) electrons. The van der Waals surface area contributed by atoms with Crippen molar-refractivity contribution in [3.8, 4) is 0 Å². The summed E-state index contributed by atoms with van der Waals surface area (Å²) >= 11 is 1.77. The van der Waals surface area contributed by atoms with Gasteiger partial charge in [-0.25, -0.2) is 0 Å². The van der Waals surface area contributed by atoms with Crippen LogP contribution in [0.1, 0.15) is 41.8 Å². The summed E-state index contributed by atoms with van der Waals surface area (Å²) in [6.45, 7) is 5.04. The van der Waals surface area contributed by atoms with Crippen molar-refractivity contribution in [3.05, 3.63) is 81.4 Å². The molecule has 3 rings (SSSR count). The van der Waals surface area contributed by atoms with E-state index >= 15 is 0 Å². The number of amides is 1. The SMILES string of the molecule is CC(C)c1ccc(C2SCCN2C(=O)C=Cc2ccc([N+](=O)[O-])cc2)cc1. The van der Waals surface area contributed by atoms with Crippen LogP contribution >= 0.6 is 11.8 Å². The second-order valence-electron chi connectivity index (χ2n) is 6.76. The molecule has 2 aromatic carbocycles. The molecule has 0 spiro atoms. The monoisotopic (exact) mass is 382 g/mol. The van der Waals surface area contributed by atoms with Crippen LogP contribution in [0.2, 0.25) is 0 Å². The summed E-state index contributed by atoms with van der Waals surface area (Å²) in [6, 6.07) is 14.6. The van der Waals surface area contributed by atoms with E-state index in [0.29, 0.717) is 12.5 Å². The zero-order chi connectivity index (χ0) is 19.4. The van der Waals surface area contributed by atoms with Crippen LogP contribution in [-0.2, 0) is 4.79 Å². The van der Waals surface area contributed by atoms with Crippen molar-refractivity contribution < 1.29 is 9.72 Å².